The number of nitrogens with one attached hydrogen (secondary N) is 1. The van der Waals surface area contributed by atoms with Crippen molar-refractivity contribution in [1.29, 1.82) is 0 Å². The van der Waals surface area contributed by atoms with Gasteiger partial charge in [0.2, 0.25) is 5.91 Å². The number of methoxy groups -OCH3 is 1. The predicted molar refractivity (Wildman–Crippen MR) is 113 cm³/mol. The smallest absolute Gasteiger partial charge is 0.317 e. The van der Waals surface area contributed by atoms with Crippen molar-refractivity contribution in [3.05, 3.63) is 23.2 Å². The Balaban J connectivity index is 0.00000392. The minimum Gasteiger partial charge on any atom is -0.495 e. The van der Waals surface area contributed by atoms with Crippen LogP contribution in [-0.4, -0.2) is 72.2 Å². The first-order chi connectivity index (χ1) is 12.8. The molecule has 1 unspecified atom stereocenters. The zero-order valence-corrected chi connectivity index (χ0v) is 18.1. The van der Waals surface area contributed by atoms with Crippen molar-refractivity contribution in [1.82, 2.24) is 9.80 Å². The van der Waals surface area contributed by atoms with Gasteiger partial charge in [-0.15, -0.1) is 12.4 Å². The highest BCUT2D eigenvalue weighted by atomic mass is 35.5. The van der Waals surface area contributed by atoms with E-state index in [-0.39, 0.29) is 36.9 Å². The topological polar surface area (TPSA) is 82.1 Å². The standard InChI is InChI=1S/C19H28ClN3O4.ClH/c1-4-22(12-18(24)25)15-7-9-23(10-8-15)13(2)19(26)21-16-11-14(20)5-6-17(16)27-3;/h5-6,11,13,15H,4,7-10,12H2,1-3H3,(H,21,26)(H,24,25);1H. The Kier molecular flexibility index (Phi) is 10.0. The molecule has 1 aliphatic heterocycles. The number of amides is 1. The van der Waals surface area contributed by atoms with Crippen molar-refractivity contribution in [2.45, 2.75) is 38.8 Å². The lowest BCUT2D eigenvalue weighted by Gasteiger charge is -2.39. The van der Waals surface area contributed by atoms with Gasteiger partial charge in [-0.2, -0.15) is 0 Å². The lowest BCUT2D eigenvalue weighted by atomic mass is 10.0. The van der Waals surface area contributed by atoms with E-state index in [9.17, 15) is 9.59 Å². The molecule has 0 saturated carbocycles. The molecule has 1 aromatic carbocycles. The zero-order valence-electron chi connectivity index (χ0n) is 16.5. The molecule has 0 radical (unpaired) electrons. The van der Waals surface area contributed by atoms with Gasteiger partial charge in [-0.25, -0.2) is 0 Å². The monoisotopic (exact) mass is 433 g/mol. The van der Waals surface area contributed by atoms with E-state index in [1.54, 1.807) is 25.3 Å². The maximum absolute atomic E-state index is 12.7. The Labute approximate surface area is 177 Å². The SMILES string of the molecule is CCN(CC(=O)O)C1CCN(C(C)C(=O)Nc2cc(Cl)ccc2OC)CC1.Cl. The molecule has 1 heterocycles. The second kappa shape index (κ2) is 11.5. The number of benzene rings is 1. The molecule has 0 spiro atoms. The molecule has 1 amide bonds. The minimum atomic E-state index is -0.803. The van der Waals surface area contributed by atoms with Crippen LogP contribution in [0.5, 0.6) is 5.75 Å². The van der Waals surface area contributed by atoms with Crippen LogP contribution >= 0.6 is 24.0 Å². The highest BCUT2D eigenvalue weighted by Gasteiger charge is 2.29. The molecule has 1 aromatic rings. The normalized spacial score (nSPS) is 16.3. The molecule has 1 fully saturated rings. The van der Waals surface area contributed by atoms with Crippen molar-refractivity contribution in [2.75, 3.05) is 38.6 Å². The summed E-state index contributed by atoms with van der Waals surface area (Å²) >= 11 is 6.02. The summed E-state index contributed by atoms with van der Waals surface area (Å²) in [4.78, 5) is 27.8. The van der Waals surface area contributed by atoms with Crippen molar-refractivity contribution in [2.24, 2.45) is 0 Å². The van der Waals surface area contributed by atoms with E-state index in [0.717, 1.165) is 25.9 Å². The molecule has 1 aliphatic rings. The third-order valence-electron chi connectivity index (χ3n) is 5.11. The molecule has 28 heavy (non-hydrogen) atoms. The van der Waals surface area contributed by atoms with E-state index in [4.69, 9.17) is 21.4 Å². The zero-order chi connectivity index (χ0) is 20.0. The fraction of sp³-hybridized carbons (Fsp3) is 0.579. The molecule has 2 N–H and O–H groups in total. The van der Waals surface area contributed by atoms with Crippen LogP contribution in [0, 0.1) is 0 Å². The number of carboxylic acid groups (broad SMARTS) is 1. The Bertz CT molecular complexity index is 667. The number of ether oxygens (including phenoxy) is 1. The molecule has 7 nitrogen and oxygen atoms in total. The molecule has 0 aliphatic carbocycles. The maximum Gasteiger partial charge on any atom is 0.317 e. The highest BCUT2D eigenvalue weighted by Crippen LogP contribution is 2.28. The van der Waals surface area contributed by atoms with Crippen molar-refractivity contribution in [3.63, 3.8) is 0 Å². The molecule has 158 valence electrons. The van der Waals surface area contributed by atoms with Gasteiger partial charge in [0.05, 0.1) is 25.4 Å². The molecule has 9 heteroatoms. The van der Waals surface area contributed by atoms with Gasteiger partial charge in [-0.1, -0.05) is 18.5 Å². The summed E-state index contributed by atoms with van der Waals surface area (Å²) in [5.74, 6) is -0.361. The number of piperidine rings is 1. The average molecular weight is 434 g/mol. The van der Waals surface area contributed by atoms with Gasteiger partial charge in [0.25, 0.3) is 0 Å². The Morgan fingerprint density at radius 1 is 1.39 bits per heavy atom. The first kappa shape index (κ1) is 24.5. The van der Waals surface area contributed by atoms with E-state index in [0.29, 0.717) is 23.0 Å². The summed E-state index contributed by atoms with van der Waals surface area (Å²) in [6.45, 7) is 6.13. The minimum absolute atomic E-state index is 0. The van der Waals surface area contributed by atoms with Crippen molar-refractivity contribution in [3.8, 4) is 5.75 Å². The van der Waals surface area contributed by atoms with Gasteiger partial charge in [0, 0.05) is 24.2 Å². The summed E-state index contributed by atoms with van der Waals surface area (Å²) in [6.07, 6.45) is 1.69. The van der Waals surface area contributed by atoms with Crippen LogP contribution < -0.4 is 10.1 Å². The van der Waals surface area contributed by atoms with Crippen LogP contribution in [0.3, 0.4) is 0 Å². The van der Waals surface area contributed by atoms with Crippen molar-refractivity contribution < 1.29 is 19.4 Å². The first-order valence-corrected chi connectivity index (χ1v) is 9.57. The maximum atomic E-state index is 12.7. The molecule has 2 rings (SSSR count). The van der Waals surface area contributed by atoms with E-state index < -0.39 is 5.97 Å². The largest absolute Gasteiger partial charge is 0.495 e. The molecular weight excluding hydrogens is 405 g/mol. The summed E-state index contributed by atoms with van der Waals surface area (Å²) in [5.41, 5.74) is 0.551. The molecule has 1 atom stereocenters. The number of anilines is 1. The van der Waals surface area contributed by atoms with Crippen LogP contribution in [0.15, 0.2) is 18.2 Å². The molecular formula is C19H29Cl2N3O4. The van der Waals surface area contributed by atoms with Crippen molar-refractivity contribution >= 4 is 41.6 Å². The first-order valence-electron chi connectivity index (χ1n) is 9.20. The lowest BCUT2D eigenvalue weighted by molar-refractivity contribution is -0.139. The molecule has 0 aromatic heterocycles. The van der Waals surface area contributed by atoms with E-state index in [1.165, 1.54) is 0 Å². The number of rotatable bonds is 8. The van der Waals surface area contributed by atoms with E-state index in [1.807, 2.05) is 18.7 Å². The van der Waals surface area contributed by atoms with Gasteiger partial charge >= 0.3 is 5.97 Å². The second-order valence-corrected chi connectivity index (χ2v) is 7.17. The Hall–Kier alpha value is -1.54. The number of aliphatic carboxylic acids is 1. The number of nitrogens with zero attached hydrogens (tertiary/aromatic N) is 2. The second-order valence-electron chi connectivity index (χ2n) is 6.73. The molecule has 1 saturated heterocycles. The number of halogens is 2. The summed E-state index contributed by atoms with van der Waals surface area (Å²) in [6, 6.07) is 5.04. The van der Waals surface area contributed by atoms with E-state index >= 15 is 0 Å². The third-order valence-corrected chi connectivity index (χ3v) is 5.34. The average Bonchev–Trinajstić information content (AvgIpc) is 2.65. The highest BCUT2D eigenvalue weighted by molar-refractivity contribution is 6.31. The fourth-order valence-corrected chi connectivity index (χ4v) is 3.66. The lowest BCUT2D eigenvalue weighted by Crippen LogP contribution is -2.51. The van der Waals surface area contributed by atoms with Crippen LogP contribution in [-0.2, 0) is 9.59 Å². The molecule has 0 bridgehead atoms. The van der Waals surface area contributed by atoms with E-state index in [2.05, 4.69) is 10.2 Å². The number of likely N-dealkylation sites (tertiary alicyclic amines) is 1. The summed E-state index contributed by atoms with van der Waals surface area (Å²) in [7, 11) is 1.55. The number of hydrogen-bond acceptors (Lipinski definition) is 5. The van der Waals surface area contributed by atoms with Crippen LogP contribution in [0.25, 0.3) is 0 Å². The third kappa shape index (κ3) is 6.51. The Morgan fingerprint density at radius 3 is 2.57 bits per heavy atom. The number of carboxylic acids is 1. The summed E-state index contributed by atoms with van der Waals surface area (Å²) in [5, 5.41) is 12.5. The van der Waals surface area contributed by atoms with Crippen LogP contribution in [0.2, 0.25) is 5.02 Å². The van der Waals surface area contributed by atoms with Crippen LogP contribution in [0.1, 0.15) is 26.7 Å². The fourth-order valence-electron chi connectivity index (χ4n) is 3.49. The van der Waals surface area contributed by atoms with Gasteiger partial charge in [0.1, 0.15) is 5.75 Å². The number of hydrogen-bond donors (Lipinski definition) is 2. The van der Waals surface area contributed by atoms with Gasteiger partial charge in [-0.3, -0.25) is 19.4 Å². The Morgan fingerprint density at radius 2 is 2.04 bits per heavy atom. The van der Waals surface area contributed by atoms with Gasteiger partial charge < -0.3 is 15.2 Å². The summed E-state index contributed by atoms with van der Waals surface area (Å²) < 4.78 is 5.27. The number of carbonyl (C=O) groups is 2. The quantitative estimate of drug-likeness (QED) is 0.655. The number of carbonyl (C=O) groups excluding carboxylic acids is 1. The van der Waals surface area contributed by atoms with Crippen LogP contribution in [0.4, 0.5) is 5.69 Å². The number of likely N-dealkylation sites (N-methyl/N-ethyl adjacent to an activating group) is 1. The van der Waals surface area contributed by atoms with Gasteiger partial charge in [0.15, 0.2) is 0 Å². The van der Waals surface area contributed by atoms with Gasteiger partial charge in [-0.05, 0) is 44.5 Å². The predicted octanol–water partition coefficient (Wildman–Crippen LogP) is 2.97.